The highest BCUT2D eigenvalue weighted by Crippen LogP contribution is 2.26. The van der Waals surface area contributed by atoms with Crippen molar-refractivity contribution in [2.45, 2.75) is 51.2 Å². The van der Waals surface area contributed by atoms with E-state index < -0.39 is 28.5 Å². The lowest BCUT2D eigenvalue weighted by molar-refractivity contribution is -0.139. The van der Waals surface area contributed by atoms with Crippen LogP contribution < -0.4 is 14.4 Å². The Morgan fingerprint density at radius 3 is 2.10 bits per heavy atom. The summed E-state index contributed by atoms with van der Waals surface area (Å²) in [4.78, 5) is 28.2. The van der Waals surface area contributed by atoms with Gasteiger partial charge in [-0.15, -0.1) is 0 Å². The minimum atomic E-state index is -4.15. The zero-order valence-corrected chi connectivity index (χ0v) is 24.1. The molecule has 39 heavy (non-hydrogen) atoms. The van der Waals surface area contributed by atoms with Crippen LogP contribution in [0.15, 0.2) is 83.8 Å². The molecular formula is C29H34ClN3O5S. The highest BCUT2D eigenvalue weighted by molar-refractivity contribution is 7.92. The summed E-state index contributed by atoms with van der Waals surface area (Å²) in [5, 5.41) is 3.37. The van der Waals surface area contributed by atoms with Crippen LogP contribution in [0.1, 0.15) is 33.3 Å². The summed E-state index contributed by atoms with van der Waals surface area (Å²) in [7, 11) is -4.15. The second kappa shape index (κ2) is 13.5. The summed E-state index contributed by atoms with van der Waals surface area (Å²) in [5.74, 6) is -0.333. The van der Waals surface area contributed by atoms with E-state index in [0.717, 1.165) is 9.87 Å². The van der Waals surface area contributed by atoms with E-state index in [-0.39, 0.29) is 23.4 Å². The van der Waals surface area contributed by atoms with Gasteiger partial charge in [-0.25, -0.2) is 8.42 Å². The van der Waals surface area contributed by atoms with Gasteiger partial charge in [0.05, 0.1) is 17.2 Å². The predicted octanol–water partition coefficient (Wildman–Crippen LogP) is 4.88. The van der Waals surface area contributed by atoms with Crippen LogP contribution in [0.4, 0.5) is 5.69 Å². The molecule has 8 nitrogen and oxygen atoms in total. The number of nitrogens with zero attached hydrogens (tertiary/aromatic N) is 2. The van der Waals surface area contributed by atoms with E-state index in [4.69, 9.17) is 16.3 Å². The first kappa shape index (κ1) is 30.0. The Morgan fingerprint density at radius 2 is 1.54 bits per heavy atom. The van der Waals surface area contributed by atoms with Crippen molar-refractivity contribution in [2.75, 3.05) is 17.5 Å². The molecule has 0 spiro atoms. The van der Waals surface area contributed by atoms with Crippen LogP contribution in [0.3, 0.4) is 0 Å². The van der Waals surface area contributed by atoms with Crippen molar-refractivity contribution in [2.24, 2.45) is 0 Å². The smallest absolute Gasteiger partial charge is 0.264 e. The molecule has 3 rings (SSSR count). The molecule has 0 saturated carbocycles. The number of benzene rings is 3. The fourth-order valence-corrected chi connectivity index (χ4v) is 5.44. The molecule has 0 fully saturated rings. The largest absolute Gasteiger partial charge is 0.494 e. The molecule has 0 aliphatic rings. The molecule has 3 aromatic rings. The van der Waals surface area contributed by atoms with Gasteiger partial charge in [0, 0.05) is 17.6 Å². The minimum absolute atomic E-state index is 0.0115. The maximum atomic E-state index is 13.8. The molecule has 208 valence electrons. The Balaban J connectivity index is 1.99. The van der Waals surface area contributed by atoms with E-state index in [1.54, 1.807) is 73.7 Å². The number of ether oxygens (including phenoxy) is 1. The number of hydrogen-bond acceptors (Lipinski definition) is 5. The first-order valence-electron chi connectivity index (χ1n) is 12.7. The van der Waals surface area contributed by atoms with Gasteiger partial charge in [-0.05, 0) is 81.8 Å². The van der Waals surface area contributed by atoms with Crippen molar-refractivity contribution in [1.29, 1.82) is 0 Å². The fraction of sp³-hybridized carbons (Fsp3) is 0.310. The van der Waals surface area contributed by atoms with Gasteiger partial charge in [-0.1, -0.05) is 41.9 Å². The lowest BCUT2D eigenvalue weighted by Crippen LogP contribution is -2.52. The summed E-state index contributed by atoms with van der Waals surface area (Å²) >= 11 is 6.03. The molecule has 2 amide bonds. The van der Waals surface area contributed by atoms with Gasteiger partial charge in [0.1, 0.15) is 18.3 Å². The first-order valence-corrected chi connectivity index (χ1v) is 14.5. The highest BCUT2D eigenvalue weighted by atomic mass is 35.5. The molecule has 0 heterocycles. The van der Waals surface area contributed by atoms with Crippen LogP contribution in [0, 0.1) is 0 Å². The first-order chi connectivity index (χ1) is 18.5. The van der Waals surface area contributed by atoms with Crippen molar-refractivity contribution in [1.82, 2.24) is 10.2 Å². The lowest BCUT2D eigenvalue weighted by atomic mass is 10.1. The Bertz CT molecular complexity index is 1350. The number of nitrogens with one attached hydrogen (secondary N) is 1. The number of hydrogen-bond donors (Lipinski definition) is 1. The van der Waals surface area contributed by atoms with Crippen molar-refractivity contribution >= 4 is 39.1 Å². The topological polar surface area (TPSA) is 96.0 Å². The van der Waals surface area contributed by atoms with E-state index in [9.17, 15) is 18.0 Å². The molecule has 3 aromatic carbocycles. The van der Waals surface area contributed by atoms with E-state index >= 15 is 0 Å². The maximum Gasteiger partial charge on any atom is 0.264 e. The van der Waals surface area contributed by atoms with E-state index in [2.05, 4.69) is 5.32 Å². The summed E-state index contributed by atoms with van der Waals surface area (Å²) in [6, 6.07) is 20.4. The van der Waals surface area contributed by atoms with Crippen molar-refractivity contribution in [3.63, 3.8) is 0 Å². The zero-order valence-electron chi connectivity index (χ0n) is 22.5. The van der Waals surface area contributed by atoms with Crippen molar-refractivity contribution < 1.29 is 22.7 Å². The summed E-state index contributed by atoms with van der Waals surface area (Å²) < 4.78 is 34.2. The monoisotopic (exact) mass is 571 g/mol. The predicted molar refractivity (Wildman–Crippen MR) is 153 cm³/mol. The Kier molecular flexibility index (Phi) is 10.4. The summed E-state index contributed by atoms with van der Waals surface area (Å²) in [6.45, 7) is 7.15. The molecule has 1 unspecified atom stereocenters. The number of rotatable bonds is 12. The minimum Gasteiger partial charge on any atom is -0.494 e. The number of halogens is 1. The van der Waals surface area contributed by atoms with Crippen LogP contribution in [0.25, 0.3) is 0 Å². The van der Waals surface area contributed by atoms with Gasteiger partial charge < -0.3 is 15.0 Å². The third-order valence-electron chi connectivity index (χ3n) is 5.91. The molecule has 1 atom stereocenters. The second-order valence-electron chi connectivity index (χ2n) is 9.24. The van der Waals surface area contributed by atoms with Crippen LogP contribution in [-0.4, -0.2) is 50.4 Å². The standard InChI is InChI=1S/C29H34ClN3O5S/c1-5-38-26-15-17-27(18-16-26)39(36,37)33(25-9-7-6-8-10-25)20-28(34)32(22(4)29(35)31-21(2)3)19-23-11-13-24(30)14-12-23/h6-18,21-22H,5,19-20H2,1-4H3,(H,31,35). The van der Waals surface area contributed by atoms with Crippen molar-refractivity contribution in [3.8, 4) is 5.75 Å². The molecule has 0 bridgehead atoms. The molecule has 0 saturated heterocycles. The van der Waals surface area contributed by atoms with Crippen LogP contribution in [0.2, 0.25) is 5.02 Å². The number of carbonyl (C=O) groups excluding carboxylic acids is 2. The fourth-order valence-electron chi connectivity index (χ4n) is 3.90. The lowest BCUT2D eigenvalue weighted by Gasteiger charge is -2.32. The number of para-hydroxylation sites is 1. The van der Waals surface area contributed by atoms with Crippen LogP contribution in [-0.2, 0) is 26.2 Å². The van der Waals surface area contributed by atoms with Gasteiger partial charge in [0.15, 0.2) is 0 Å². The number of carbonyl (C=O) groups is 2. The molecular weight excluding hydrogens is 538 g/mol. The summed E-state index contributed by atoms with van der Waals surface area (Å²) in [5.41, 5.74) is 1.07. The van der Waals surface area contributed by atoms with Crippen molar-refractivity contribution in [3.05, 3.63) is 89.4 Å². The Labute approximate surface area is 235 Å². The van der Waals surface area contributed by atoms with Gasteiger partial charge in [-0.2, -0.15) is 0 Å². The zero-order chi connectivity index (χ0) is 28.6. The maximum absolute atomic E-state index is 13.8. The second-order valence-corrected chi connectivity index (χ2v) is 11.5. The van der Waals surface area contributed by atoms with E-state index in [0.29, 0.717) is 23.1 Å². The van der Waals surface area contributed by atoms with E-state index in [1.807, 2.05) is 20.8 Å². The summed E-state index contributed by atoms with van der Waals surface area (Å²) in [6.07, 6.45) is 0. The third kappa shape index (κ3) is 7.97. The molecule has 0 radical (unpaired) electrons. The van der Waals surface area contributed by atoms with Gasteiger partial charge in [0.2, 0.25) is 11.8 Å². The van der Waals surface area contributed by atoms with E-state index in [1.165, 1.54) is 17.0 Å². The van der Waals surface area contributed by atoms with Crippen LogP contribution >= 0.6 is 11.6 Å². The third-order valence-corrected chi connectivity index (χ3v) is 7.95. The average molecular weight is 572 g/mol. The molecule has 0 aromatic heterocycles. The Morgan fingerprint density at radius 1 is 0.923 bits per heavy atom. The normalized spacial score (nSPS) is 12.1. The number of anilines is 1. The molecule has 0 aliphatic heterocycles. The SMILES string of the molecule is CCOc1ccc(S(=O)(=O)N(CC(=O)N(Cc2ccc(Cl)cc2)C(C)C(=O)NC(C)C)c2ccccc2)cc1. The Hall–Kier alpha value is -3.56. The van der Waals surface area contributed by atoms with Gasteiger partial charge >= 0.3 is 0 Å². The average Bonchev–Trinajstić information content (AvgIpc) is 2.91. The number of sulfonamides is 1. The molecule has 0 aliphatic carbocycles. The van der Waals surface area contributed by atoms with Crippen LogP contribution in [0.5, 0.6) is 5.75 Å². The highest BCUT2D eigenvalue weighted by Gasteiger charge is 2.32. The molecule has 1 N–H and O–H groups in total. The number of amides is 2. The van der Waals surface area contributed by atoms with Gasteiger partial charge in [-0.3, -0.25) is 13.9 Å². The van der Waals surface area contributed by atoms with Gasteiger partial charge in [0.25, 0.3) is 10.0 Å². The molecule has 10 heteroatoms. The quantitative estimate of drug-likeness (QED) is 0.334.